The topological polar surface area (TPSA) is 39.2 Å². The number of esters is 1. The molecule has 0 saturated heterocycles. The van der Waals surface area contributed by atoms with Crippen LogP contribution in [0.1, 0.15) is 32.8 Å². The number of aryl methyl sites for hydroxylation is 1. The van der Waals surface area contributed by atoms with Crippen LogP contribution in [0.15, 0.2) is 36.0 Å². The number of thiazole rings is 1. The lowest BCUT2D eigenvalue weighted by molar-refractivity contribution is 0.0600. The van der Waals surface area contributed by atoms with Crippen molar-refractivity contribution in [3.63, 3.8) is 0 Å². The number of fused-ring (bicyclic) bond motifs is 1. The Morgan fingerprint density at radius 1 is 1.42 bits per heavy atom. The molecule has 1 aromatic heterocycles. The number of allylic oxidation sites excluding steroid dienone is 1. The zero-order valence-corrected chi connectivity index (χ0v) is 11.4. The van der Waals surface area contributed by atoms with Gasteiger partial charge in [0.15, 0.2) is 0 Å². The molecule has 0 N–H and O–H groups in total. The van der Waals surface area contributed by atoms with Crippen LogP contribution in [0.4, 0.5) is 0 Å². The molecule has 1 aliphatic rings. The van der Waals surface area contributed by atoms with Crippen LogP contribution in [0.25, 0.3) is 5.57 Å². The lowest BCUT2D eigenvalue weighted by Gasteiger charge is -2.17. The highest BCUT2D eigenvalue weighted by Gasteiger charge is 2.17. The summed E-state index contributed by atoms with van der Waals surface area (Å²) in [5.74, 6) is -0.294. The van der Waals surface area contributed by atoms with E-state index in [0.29, 0.717) is 5.56 Å². The van der Waals surface area contributed by atoms with Crippen molar-refractivity contribution in [3.05, 3.63) is 57.6 Å². The number of aromatic nitrogens is 1. The Morgan fingerprint density at radius 3 is 3.05 bits per heavy atom. The van der Waals surface area contributed by atoms with E-state index in [2.05, 4.69) is 11.1 Å². The van der Waals surface area contributed by atoms with Crippen LogP contribution in [-0.2, 0) is 11.2 Å². The lowest BCUT2D eigenvalue weighted by atomic mass is 9.89. The van der Waals surface area contributed by atoms with Gasteiger partial charge < -0.3 is 4.74 Å². The average molecular weight is 271 g/mol. The number of nitrogens with zero attached hydrogens (tertiary/aromatic N) is 1. The summed E-state index contributed by atoms with van der Waals surface area (Å²) in [4.78, 5) is 16.9. The number of methoxy groups -OCH3 is 1. The second-order valence-electron chi connectivity index (χ2n) is 4.39. The fourth-order valence-corrected chi connectivity index (χ4v) is 3.03. The smallest absolute Gasteiger partial charge is 0.337 e. The summed E-state index contributed by atoms with van der Waals surface area (Å²) < 4.78 is 4.79. The van der Waals surface area contributed by atoms with Crippen LogP contribution in [0.2, 0.25) is 0 Å². The van der Waals surface area contributed by atoms with Crippen LogP contribution in [-0.4, -0.2) is 18.1 Å². The van der Waals surface area contributed by atoms with Gasteiger partial charge in [0.05, 0.1) is 23.1 Å². The van der Waals surface area contributed by atoms with Crippen molar-refractivity contribution >= 4 is 22.9 Å². The van der Waals surface area contributed by atoms with Crippen LogP contribution in [0, 0.1) is 0 Å². The molecule has 0 unspecified atom stereocenters. The van der Waals surface area contributed by atoms with Crippen LogP contribution in [0.3, 0.4) is 0 Å². The van der Waals surface area contributed by atoms with Gasteiger partial charge in [0.25, 0.3) is 0 Å². The molecule has 96 valence electrons. The first-order valence-corrected chi connectivity index (χ1v) is 6.98. The average Bonchev–Trinajstić information content (AvgIpc) is 2.99. The van der Waals surface area contributed by atoms with Gasteiger partial charge in [0, 0.05) is 6.20 Å². The maximum Gasteiger partial charge on any atom is 0.337 e. The van der Waals surface area contributed by atoms with Crippen LogP contribution >= 0.6 is 11.3 Å². The molecule has 3 nitrogen and oxygen atoms in total. The largest absolute Gasteiger partial charge is 0.465 e. The summed E-state index contributed by atoms with van der Waals surface area (Å²) in [5, 5.41) is 0. The zero-order valence-electron chi connectivity index (χ0n) is 10.6. The molecule has 4 heteroatoms. The highest BCUT2D eigenvalue weighted by Crippen LogP contribution is 2.34. The molecule has 3 rings (SSSR count). The number of carbonyl (C=O) groups excluding carboxylic acids is 1. The maximum absolute atomic E-state index is 11.6. The summed E-state index contributed by atoms with van der Waals surface area (Å²) in [6.45, 7) is 0. The van der Waals surface area contributed by atoms with Crippen molar-refractivity contribution in [2.75, 3.05) is 7.11 Å². The van der Waals surface area contributed by atoms with E-state index in [4.69, 9.17) is 4.74 Å². The molecule has 0 fully saturated rings. The van der Waals surface area contributed by atoms with E-state index in [1.54, 1.807) is 11.3 Å². The monoisotopic (exact) mass is 271 g/mol. The predicted octanol–water partition coefficient (Wildman–Crippen LogP) is 3.31. The molecule has 1 aliphatic carbocycles. The zero-order chi connectivity index (χ0) is 13.2. The first-order valence-electron chi connectivity index (χ1n) is 6.10. The van der Waals surface area contributed by atoms with Gasteiger partial charge in [-0.05, 0) is 41.7 Å². The molecular weight excluding hydrogens is 258 g/mol. The Kier molecular flexibility index (Phi) is 3.17. The number of hydrogen-bond acceptors (Lipinski definition) is 4. The van der Waals surface area contributed by atoms with Gasteiger partial charge in [0.1, 0.15) is 0 Å². The third-order valence-corrected chi connectivity index (χ3v) is 4.09. The van der Waals surface area contributed by atoms with Crippen molar-refractivity contribution in [3.8, 4) is 0 Å². The molecule has 1 heterocycles. The van der Waals surface area contributed by atoms with Crippen LogP contribution in [0.5, 0.6) is 0 Å². The molecule has 0 bridgehead atoms. The first kappa shape index (κ1) is 12.1. The summed E-state index contributed by atoms with van der Waals surface area (Å²) in [6.07, 6.45) is 6.13. The fraction of sp³-hybridized carbons (Fsp3) is 0.200. The molecule has 2 aromatic rings. The molecule has 0 atom stereocenters. The Labute approximate surface area is 115 Å². The number of benzene rings is 1. The maximum atomic E-state index is 11.6. The van der Waals surface area contributed by atoms with Gasteiger partial charge in [-0.25, -0.2) is 4.79 Å². The number of hydrogen-bond donors (Lipinski definition) is 0. The molecule has 0 radical (unpaired) electrons. The Balaban J connectivity index is 2.09. The van der Waals surface area contributed by atoms with E-state index >= 15 is 0 Å². The summed E-state index contributed by atoms with van der Waals surface area (Å²) in [6, 6.07) is 5.78. The van der Waals surface area contributed by atoms with E-state index in [1.165, 1.54) is 18.2 Å². The van der Waals surface area contributed by atoms with Crippen molar-refractivity contribution < 1.29 is 9.53 Å². The van der Waals surface area contributed by atoms with Gasteiger partial charge in [-0.3, -0.25) is 4.98 Å². The molecule has 1 aromatic carbocycles. The minimum Gasteiger partial charge on any atom is -0.465 e. The number of carbonyl (C=O) groups is 1. The van der Waals surface area contributed by atoms with Crippen LogP contribution < -0.4 is 0 Å². The highest BCUT2D eigenvalue weighted by molar-refractivity contribution is 7.10. The van der Waals surface area contributed by atoms with Crippen molar-refractivity contribution in [2.45, 2.75) is 12.8 Å². The Hall–Kier alpha value is -1.94. The molecule has 0 amide bonds. The normalized spacial score (nSPS) is 13.6. The van der Waals surface area contributed by atoms with Gasteiger partial charge >= 0.3 is 5.97 Å². The van der Waals surface area contributed by atoms with Gasteiger partial charge in [-0.1, -0.05) is 12.1 Å². The summed E-state index contributed by atoms with van der Waals surface area (Å²) >= 11 is 1.62. The summed E-state index contributed by atoms with van der Waals surface area (Å²) in [5.41, 5.74) is 6.00. The Morgan fingerprint density at radius 2 is 2.32 bits per heavy atom. The standard InChI is InChI=1S/C15H13NO2S/c1-18-15(17)11-6-5-10-3-2-4-12(13(10)7-11)14-8-16-9-19-14/h4-9H,2-3H2,1H3. The van der Waals surface area contributed by atoms with E-state index in [9.17, 15) is 4.79 Å². The minimum absolute atomic E-state index is 0.294. The number of ether oxygens (including phenoxy) is 1. The molecular formula is C15H13NO2S. The van der Waals surface area contributed by atoms with Crippen molar-refractivity contribution in [1.82, 2.24) is 4.98 Å². The van der Waals surface area contributed by atoms with Gasteiger partial charge in [-0.15, -0.1) is 11.3 Å². The molecule has 0 saturated carbocycles. The molecule has 19 heavy (non-hydrogen) atoms. The van der Waals surface area contributed by atoms with Gasteiger partial charge in [-0.2, -0.15) is 0 Å². The predicted molar refractivity (Wildman–Crippen MR) is 75.3 cm³/mol. The second kappa shape index (κ2) is 4.97. The third-order valence-electron chi connectivity index (χ3n) is 3.28. The highest BCUT2D eigenvalue weighted by atomic mass is 32.1. The fourth-order valence-electron chi connectivity index (χ4n) is 2.35. The van der Waals surface area contributed by atoms with E-state index in [1.807, 2.05) is 29.9 Å². The third kappa shape index (κ3) is 2.19. The second-order valence-corrected chi connectivity index (χ2v) is 5.27. The lowest BCUT2D eigenvalue weighted by Crippen LogP contribution is -2.06. The Bertz CT molecular complexity index is 644. The first-order chi connectivity index (χ1) is 9.29. The van der Waals surface area contributed by atoms with E-state index in [-0.39, 0.29) is 5.97 Å². The minimum atomic E-state index is -0.294. The van der Waals surface area contributed by atoms with Crippen molar-refractivity contribution in [2.24, 2.45) is 0 Å². The van der Waals surface area contributed by atoms with Gasteiger partial charge in [0.2, 0.25) is 0 Å². The van der Waals surface area contributed by atoms with Crippen molar-refractivity contribution in [1.29, 1.82) is 0 Å². The van der Waals surface area contributed by atoms with E-state index < -0.39 is 0 Å². The summed E-state index contributed by atoms with van der Waals surface area (Å²) in [7, 11) is 1.40. The number of rotatable bonds is 2. The molecule has 0 spiro atoms. The van der Waals surface area contributed by atoms with E-state index in [0.717, 1.165) is 23.3 Å². The quantitative estimate of drug-likeness (QED) is 0.787. The molecule has 0 aliphatic heterocycles. The SMILES string of the molecule is COC(=O)c1ccc2c(c1)C(c1cncs1)=CCC2.